The lowest BCUT2D eigenvalue weighted by Crippen LogP contribution is -2.42. The van der Waals surface area contributed by atoms with E-state index < -0.39 is 0 Å². The Bertz CT molecular complexity index is 1460. The lowest BCUT2D eigenvalue weighted by Gasteiger charge is -2.31. The molecule has 0 saturated carbocycles. The zero-order valence-corrected chi connectivity index (χ0v) is 24.4. The van der Waals surface area contributed by atoms with Crippen LogP contribution in [0.3, 0.4) is 0 Å². The molecule has 0 N–H and O–H groups in total. The highest BCUT2D eigenvalue weighted by molar-refractivity contribution is 9.10. The third-order valence-corrected chi connectivity index (χ3v) is 8.47. The first-order valence-electron chi connectivity index (χ1n) is 13.5. The third-order valence-electron chi connectivity index (χ3n) is 7.02. The number of rotatable bonds is 10. The number of hydrogen-bond acceptors (Lipinski definition) is 7. The summed E-state index contributed by atoms with van der Waals surface area (Å²) in [6.45, 7) is 4.07. The van der Waals surface area contributed by atoms with Crippen LogP contribution >= 0.6 is 27.7 Å². The molecule has 39 heavy (non-hydrogen) atoms. The fraction of sp³-hybridized carbons (Fsp3) is 0.414. The summed E-state index contributed by atoms with van der Waals surface area (Å²) in [6, 6.07) is 16.5. The van der Waals surface area contributed by atoms with Crippen LogP contribution in [0.4, 0.5) is 0 Å². The van der Waals surface area contributed by atoms with Crippen molar-refractivity contribution >= 4 is 61.6 Å². The Morgan fingerprint density at radius 1 is 1.10 bits per heavy atom. The van der Waals surface area contributed by atoms with Crippen molar-refractivity contribution in [2.75, 3.05) is 25.4 Å². The number of fused-ring (bicyclic) bond motifs is 3. The number of aromatic nitrogens is 4. The molecule has 0 spiro atoms. The molecule has 1 atom stereocenters. The van der Waals surface area contributed by atoms with Gasteiger partial charge in [0.15, 0.2) is 5.65 Å². The second-order valence-electron chi connectivity index (χ2n) is 9.73. The van der Waals surface area contributed by atoms with Crippen molar-refractivity contribution in [3.63, 3.8) is 0 Å². The standard InChI is InChI=1S/C29H32BrN5O3S/c1-2-38-28(37)21-8-7-16-34(19-21)25(36)11-5-6-17-39-29-31-27-26(32-33-29)23-9-3-4-10-24(23)35(27)18-20-12-14-22(30)15-13-20/h3-4,9-10,12-15,21H,2,5-8,11,16-19H2,1H3. The molecule has 1 aliphatic rings. The van der Waals surface area contributed by atoms with Gasteiger partial charge in [0.1, 0.15) is 5.52 Å². The fourth-order valence-corrected chi connectivity index (χ4v) is 6.08. The number of esters is 1. The van der Waals surface area contributed by atoms with Crippen LogP contribution in [-0.2, 0) is 20.9 Å². The highest BCUT2D eigenvalue weighted by atomic mass is 79.9. The molecule has 2 aromatic carbocycles. The Kier molecular flexibility index (Phi) is 9.13. The molecule has 2 aromatic heterocycles. The van der Waals surface area contributed by atoms with Crippen molar-refractivity contribution in [1.82, 2.24) is 24.6 Å². The second-order valence-corrected chi connectivity index (χ2v) is 11.7. The van der Waals surface area contributed by atoms with E-state index in [9.17, 15) is 9.59 Å². The van der Waals surface area contributed by atoms with E-state index in [0.717, 1.165) is 64.5 Å². The van der Waals surface area contributed by atoms with Crippen molar-refractivity contribution in [3.8, 4) is 0 Å². The minimum atomic E-state index is -0.197. The summed E-state index contributed by atoms with van der Waals surface area (Å²) < 4.78 is 8.40. The number of para-hydroxylation sites is 1. The Morgan fingerprint density at radius 3 is 2.74 bits per heavy atom. The number of ether oxygens (including phenoxy) is 1. The van der Waals surface area contributed by atoms with Gasteiger partial charge < -0.3 is 14.2 Å². The van der Waals surface area contributed by atoms with Crippen molar-refractivity contribution in [2.24, 2.45) is 5.92 Å². The number of likely N-dealkylation sites (tertiary alicyclic amines) is 1. The van der Waals surface area contributed by atoms with Gasteiger partial charge in [-0.25, -0.2) is 4.98 Å². The molecule has 10 heteroatoms. The van der Waals surface area contributed by atoms with Gasteiger partial charge in [0, 0.05) is 41.7 Å². The van der Waals surface area contributed by atoms with Crippen molar-refractivity contribution < 1.29 is 14.3 Å². The highest BCUT2D eigenvalue weighted by Gasteiger charge is 2.29. The maximum absolute atomic E-state index is 12.7. The molecule has 4 aromatic rings. The molecule has 0 bridgehead atoms. The summed E-state index contributed by atoms with van der Waals surface area (Å²) in [5.41, 5.74) is 3.90. The molecule has 0 aliphatic carbocycles. The zero-order valence-electron chi connectivity index (χ0n) is 22.0. The molecule has 8 nitrogen and oxygen atoms in total. The zero-order chi connectivity index (χ0) is 27.2. The Labute approximate surface area is 240 Å². The van der Waals surface area contributed by atoms with Crippen LogP contribution in [0.25, 0.3) is 22.1 Å². The summed E-state index contributed by atoms with van der Waals surface area (Å²) in [5.74, 6) is 0.537. The number of piperidine rings is 1. The maximum Gasteiger partial charge on any atom is 0.310 e. The lowest BCUT2D eigenvalue weighted by atomic mass is 9.98. The van der Waals surface area contributed by atoms with Crippen LogP contribution in [0.2, 0.25) is 0 Å². The largest absolute Gasteiger partial charge is 0.466 e. The van der Waals surface area contributed by atoms with Gasteiger partial charge in [0.25, 0.3) is 0 Å². The molecule has 1 amide bonds. The van der Waals surface area contributed by atoms with Crippen LogP contribution < -0.4 is 0 Å². The summed E-state index contributed by atoms with van der Waals surface area (Å²) in [6.07, 6.45) is 3.77. The van der Waals surface area contributed by atoms with Crippen molar-refractivity contribution in [2.45, 2.75) is 50.7 Å². The van der Waals surface area contributed by atoms with Gasteiger partial charge in [-0.05, 0) is 56.4 Å². The van der Waals surface area contributed by atoms with Gasteiger partial charge in [-0.1, -0.05) is 58.0 Å². The van der Waals surface area contributed by atoms with Crippen LogP contribution in [0.15, 0.2) is 58.2 Å². The smallest absolute Gasteiger partial charge is 0.310 e. The molecule has 1 unspecified atom stereocenters. The molecule has 1 aliphatic heterocycles. The number of hydrogen-bond donors (Lipinski definition) is 0. The summed E-state index contributed by atoms with van der Waals surface area (Å²) in [7, 11) is 0. The predicted octanol–water partition coefficient (Wildman–Crippen LogP) is 5.85. The average Bonchev–Trinajstić information content (AvgIpc) is 3.27. The minimum absolute atomic E-state index is 0.116. The topological polar surface area (TPSA) is 90.2 Å². The predicted molar refractivity (Wildman–Crippen MR) is 157 cm³/mol. The van der Waals surface area contributed by atoms with Gasteiger partial charge in [0.2, 0.25) is 11.1 Å². The van der Waals surface area contributed by atoms with Crippen LogP contribution in [0, 0.1) is 5.92 Å². The Hall–Kier alpha value is -2.98. The second kappa shape index (κ2) is 12.9. The van der Waals surface area contributed by atoms with Crippen LogP contribution in [0.5, 0.6) is 0 Å². The number of thioether (sulfide) groups is 1. The summed E-state index contributed by atoms with van der Waals surface area (Å²) >= 11 is 5.08. The first-order chi connectivity index (χ1) is 19.0. The number of carbonyl (C=O) groups is 2. The fourth-order valence-electron chi connectivity index (χ4n) is 5.04. The van der Waals surface area contributed by atoms with Crippen molar-refractivity contribution in [3.05, 3.63) is 58.6 Å². The maximum atomic E-state index is 12.7. The first kappa shape index (κ1) is 27.6. The molecule has 5 rings (SSSR count). The van der Waals surface area contributed by atoms with Crippen molar-refractivity contribution in [1.29, 1.82) is 0 Å². The van der Waals surface area contributed by atoms with E-state index in [1.54, 1.807) is 11.8 Å². The molecule has 204 valence electrons. The molecule has 1 saturated heterocycles. The summed E-state index contributed by atoms with van der Waals surface area (Å²) in [5, 5.41) is 10.6. The van der Waals surface area contributed by atoms with E-state index >= 15 is 0 Å². The van der Waals surface area contributed by atoms with Gasteiger partial charge >= 0.3 is 5.97 Å². The number of benzene rings is 2. The number of nitrogens with zero attached hydrogens (tertiary/aromatic N) is 5. The van der Waals surface area contributed by atoms with E-state index in [4.69, 9.17) is 9.72 Å². The first-order valence-corrected chi connectivity index (χ1v) is 15.2. The van der Waals surface area contributed by atoms with E-state index in [0.29, 0.717) is 31.3 Å². The SMILES string of the molecule is CCOC(=O)C1CCCN(C(=O)CCCCSc2nnc3c4ccccc4n(Cc4ccc(Br)cc4)c3n2)C1. The number of halogens is 1. The molecular formula is C29H32BrN5O3S. The number of amides is 1. The Morgan fingerprint density at radius 2 is 1.92 bits per heavy atom. The lowest BCUT2D eigenvalue weighted by molar-refractivity contribution is -0.151. The van der Waals surface area contributed by atoms with E-state index in [1.165, 1.54) is 5.56 Å². The molecule has 3 heterocycles. The van der Waals surface area contributed by atoms with Crippen LogP contribution in [-0.4, -0.2) is 62.0 Å². The van der Waals surface area contributed by atoms with Gasteiger partial charge in [-0.3, -0.25) is 9.59 Å². The molecule has 1 fully saturated rings. The van der Waals surface area contributed by atoms with Gasteiger partial charge in [-0.15, -0.1) is 10.2 Å². The third kappa shape index (κ3) is 6.61. The van der Waals surface area contributed by atoms with E-state index in [-0.39, 0.29) is 17.8 Å². The Balaban J connectivity index is 1.19. The number of unbranched alkanes of at least 4 members (excludes halogenated alkanes) is 1. The molecule has 0 radical (unpaired) electrons. The average molecular weight is 611 g/mol. The van der Waals surface area contributed by atoms with E-state index in [1.807, 2.05) is 36.1 Å². The normalized spacial score (nSPS) is 15.6. The van der Waals surface area contributed by atoms with Gasteiger partial charge in [-0.2, -0.15) is 0 Å². The monoisotopic (exact) mass is 609 g/mol. The van der Waals surface area contributed by atoms with Crippen LogP contribution in [0.1, 0.15) is 44.6 Å². The molecular weight excluding hydrogens is 578 g/mol. The van der Waals surface area contributed by atoms with Gasteiger partial charge in [0.05, 0.1) is 18.0 Å². The minimum Gasteiger partial charge on any atom is -0.466 e. The van der Waals surface area contributed by atoms with E-state index in [2.05, 4.69) is 55.0 Å². The summed E-state index contributed by atoms with van der Waals surface area (Å²) in [4.78, 5) is 31.5. The highest BCUT2D eigenvalue weighted by Crippen LogP contribution is 2.28. The number of carbonyl (C=O) groups excluding carboxylic acids is 2. The quantitative estimate of drug-likeness (QED) is 0.126.